The molecule has 2 rings (SSSR count). The molecule has 5 heteroatoms. The van der Waals surface area contributed by atoms with Crippen molar-refractivity contribution in [1.82, 2.24) is 5.43 Å². The van der Waals surface area contributed by atoms with Gasteiger partial charge in [-0.2, -0.15) is 0 Å². The van der Waals surface area contributed by atoms with E-state index in [2.05, 4.69) is 5.43 Å². The van der Waals surface area contributed by atoms with Crippen LogP contribution >= 0.6 is 11.6 Å². The van der Waals surface area contributed by atoms with Gasteiger partial charge in [-0.15, -0.1) is 0 Å². The number of nitrogens with two attached hydrogens (primary N) is 1. The van der Waals surface area contributed by atoms with E-state index in [-0.39, 0.29) is 11.9 Å². The quantitative estimate of drug-likeness (QED) is 0.662. The number of furan rings is 1. The third-order valence-electron chi connectivity index (χ3n) is 2.86. The van der Waals surface area contributed by atoms with Gasteiger partial charge in [-0.05, 0) is 42.7 Å². The lowest BCUT2D eigenvalue weighted by molar-refractivity contribution is 0.413. The van der Waals surface area contributed by atoms with Crippen LogP contribution < -0.4 is 11.3 Å². The molecule has 96 valence electrons. The van der Waals surface area contributed by atoms with Gasteiger partial charge in [-0.1, -0.05) is 17.7 Å². The summed E-state index contributed by atoms with van der Waals surface area (Å²) in [5, 5.41) is 0.388. The van der Waals surface area contributed by atoms with Gasteiger partial charge in [0, 0.05) is 5.02 Å². The molecule has 1 aromatic heterocycles. The Morgan fingerprint density at radius 1 is 1.44 bits per heavy atom. The first kappa shape index (κ1) is 13.1. The Hall–Kier alpha value is -1.36. The molecule has 0 radical (unpaired) electrons. The minimum Gasteiger partial charge on any atom is -0.467 e. The summed E-state index contributed by atoms with van der Waals surface area (Å²) in [6, 6.07) is 6.00. The number of aryl methyl sites for hydroxylation is 1. The van der Waals surface area contributed by atoms with Crippen LogP contribution in [0.15, 0.2) is 34.9 Å². The van der Waals surface area contributed by atoms with Crippen molar-refractivity contribution in [2.24, 2.45) is 5.84 Å². The number of hydrogen-bond acceptors (Lipinski definition) is 3. The molecule has 1 unspecified atom stereocenters. The van der Waals surface area contributed by atoms with E-state index in [0.29, 0.717) is 11.4 Å². The predicted octanol–water partition coefficient (Wildman–Crippen LogP) is 3.13. The third-order valence-corrected chi connectivity index (χ3v) is 3.21. The summed E-state index contributed by atoms with van der Waals surface area (Å²) < 4.78 is 18.4. The van der Waals surface area contributed by atoms with E-state index in [9.17, 15) is 4.39 Å². The summed E-state index contributed by atoms with van der Waals surface area (Å²) >= 11 is 5.99. The minimum atomic E-state index is -0.352. The van der Waals surface area contributed by atoms with Gasteiger partial charge in [0.05, 0.1) is 12.3 Å². The second-order valence-corrected chi connectivity index (χ2v) is 4.53. The van der Waals surface area contributed by atoms with Gasteiger partial charge >= 0.3 is 0 Å². The van der Waals surface area contributed by atoms with Crippen molar-refractivity contribution in [3.63, 3.8) is 0 Å². The third kappa shape index (κ3) is 2.72. The summed E-state index contributed by atoms with van der Waals surface area (Å²) in [7, 11) is 0. The van der Waals surface area contributed by atoms with Crippen molar-refractivity contribution < 1.29 is 8.81 Å². The number of benzene rings is 1. The first-order valence-corrected chi connectivity index (χ1v) is 5.93. The Balaban J connectivity index is 2.23. The van der Waals surface area contributed by atoms with Gasteiger partial charge < -0.3 is 4.42 Å². The van der Waals surface area contributed by atoms with E-state index < -0.39 is 0 Å². The zero-order chi connectivity index (χ0) is 13.1. The van der Waals surface area contributed by atoms with Crippen LogP contribution in [-0.4, -0.2) is 0 Å². The monoisotopic (exact) mass is 268 g/mol. The maximum Gasteiger partial charge on any atom is 0.125 e. The van der Waals surface area contributed by atoms with Crippen molar-refractivity contribution in [3.05, 3.63) is 58.3 Å². The molecule has 0 amide bonds. The standard InChI is InChI=1S/C13H14ClFN2O/c1-8-4-5-18-13(8)12(17-16)6-9-2-3-10(15)7-11(9)14/h2-5,7,12,17H,6,16H2,1H3. The van der Waals surface area contributed by atoms with Crippen molar-refractivity contribution >= 4 is 11.6 Å². The zero-order valence-electron chi connectivity index (χ0n) is 9.91. The second kappa shape index (κ2) is 5.52. The molecule has 3 nitrogen and oxygen atoms in total. The van der Waals surface area contributed by atoms with E-state index in [4.69, 9.17) is 21.9 Å². The Morgan fingerprint density at radius 3 is 2.78 bits per heavy atom. The molecular formula is C13H14ClFN2O. The summed E-state index contributed by atoms with van der Waals surface area (Å²) in [5.74, 6) is 5.94. The van der Waals surface area contributed by atoms with Gasteiger partial charge in [-0.25, -0.2) is 9.82 Å². The summed E-state index contributed by atoms with van der Waals surface area (Å²) in [6.45, 7) is 1.94. The molecule has 0 saturated carbocycles. The van der Waals surface area contributed by atoms with E-state index in [1.54, 1.807) is 12.3 Å². The molecule has 18 heavy (non-hydrogen) atoms. The molecule has 1 heterocycles. The van der Waals surface area contributed by atoms with Gasteiger partial charge in [-0.3, -0.25) is 5.84 Å². The Morgan fingerprint density at radius 2 is 2.22 bits per heavy atom. The molecule has 3 N–H and O–H groups in total. The fourth-order valence-corrected chi connectivity index (χ4v) is 2.12. The average molecular weight is 269 g/mol. The van der Waals surface area contributed by atoms with E-state index in [1.807, 2.05) is 13.0 Å². The van der Waals surface area contributed by atoms with Gasteiger partial charge in [0.1, 0.15) is 11.6 Å². The normalized spacial score (nSPS) is 12.7. The van der Waals surface area contributed by atoms with Crippen LogP contribution in [0.25, 0.3) is 0 Å². The SMILES string of the molecule is Cc1ccoc1C(Cc1ccc(F)cc1Cl)NN. The molecule has 2 aromatic rings. The fourth-order valence-electron chi connectivity index (χ4n) is 1.88. The van der Waals surface area contributed by atoms with Crippen LogP contribution in [-0.2, 0) is 6.42 Å². The Kier molecular flexibility index (Phi) is 4.01. The fraction of sp³-hybridized carbons (Fsp3) is 0.231. The van der Waals surface area contributed by atoms with Crippen LogP contribution in [0.3, 0.4) is 0 Å². The lowest BCUT2D eigenvalue weighted by Crippen LogP contribution is -2.29. The minimum absolute atomic E-state index is 0.192. The van der Waals surface area contributed by atoms with E-state index in [1.165, 1.54) is 12.1 Å². The lowest BCUT2D eigenvalue weighted by Gasteiger charge is -2.15. The van der Waals surface area contributed by atoms with Crippen molar-refractivity contribution in [1.29, 1.82) is 0 Å². The van der Waals surface area contributed by atoms with Crippen LogP contribution in [0.5, 0.6) is 0 Å². The Bertz CT molecular complexity index is 542. The summed E-state index contributed by atoms with van der Waals surface area (Å²) in [5.41, 5.74) is 4.52. The highest BCUT2D eigenvalue weighted by Crippen LogP contribution is 2.26. The molecule has 0 fully saturated rings. The molecule has 0 saturated heterocycles. The first-order valence-electron chi connectivity index (χ1n) is 5.56. The second-order valence-electron chi connectivity index (χ2n) is 4.13. The van der Waals surface area contributed by atoms with Crippen molar-refractivity contribution in [2.45, 2.75) is 19.4 Å². The zero-order valence-corrected chi connectivity index (χ0v) is 10.7. The molecule has 1 aromatic carbocycles. The summed E-state index contributed by atoms with van der Waals surface area (Å²) in [4.78, 5) is 0. The molecule has 1 atom stereocenters. The lowest BCUT2D eigenvalue weighted by atomic mass is 10.0. The molecular weight excluding hydrogens is 255 g/mol. The molecule has 0 aliphatic carbocycles. The van der Waals surface area contributed by atoms with E-state index >= 15 is 0 Å². The van der Waals surface area contributed by atoms with Crippen LogP contribution in [0.4, 0.5) is 4.39 Å². The average Bonchev–Trinajstić information content (AvgIpc) is 2.75. The van der Waals surface area contributed by atoms with Gasteiger partial charge in [0.15, 0.2) is 0 Å². The van der Waals surface area contributed by atoms with Crippen molar-refractivity contribution in [2.75, 3.05) is 0 Å². The number of hydrazine groups is 1. The summed E-state index contributed by atoms with van der Waals surface area (Å²) in [6.07, 6.45) is 2.14. The maximum absolute atomic E-state index is 13.0. The number of hydrogen-bond donors (Lipinski definition) is 2. The van der Waals surface area contributed by atoms with Gasteiger partial charge in [0.2, 0.25) is 0 Å². The highest BCUT2D eigenvalue weighted by Gasteiger charge is 2.17. The highest BCUT2D eigenvalue weighted by atomic mass is 35.5. The number of halogens is 2. The highest BCUT2D eigenvalue weighted by molar-refractivity contribution is 6.31. The number of rotatable bonds is 4. The van der Waals surface area contributed by atoms with Gasteiger partial charge in [0.25, 0.3) is 0 Å². The Labute approximate surface area is 110 Å². The van der Waals surface area contributed by atoms with Crippen molar-refractivity contribution in [3.8, 4) is 0 Å². The van der Waals surface area contributed by atoms with Crippen LogP contribution in [0.2, 0.25) is 5.02 Å². The maximum atomic E-state index is 13.0. The molecule has 0 aliphatic heterocycles. The smallest absolute Gasteiger partial charge is 0.125 e. The predicted molar refractivity (Wildman–Crippen MR) is 68.6 cm³/mol. The van der Waals surface area contributed by atoms with Crippen LogP contribution in [0.1, 0.15) is 22.9 Å². The number of nitrogens with one attached hydrogen (secondary N) is 1. The molecule has 0 aliphatic rings. The molecule has 0 spiro atoms. The molecule has 0 bridgehead atoms. The van der Waals surface area contributed by atoms with Crippen LogP contribution in [0, 0.1) is 12.7 Å². The van der Waals surface area contributed by atoms with E-state index in [0.717, 1.165) is 16.9 Å². The first-order chi connectivity index (χ1) is 8.61. The topological polar surface area (TPSA) is 51.2 Å². The largest absolute Gasteiger partial charge is 0.467 e.